The predicted molar refractivity (Wildman–Crippen MR) is 135 cm³/mol. The number of hydrogen-bond donors (Lipinski definition) is 2. The zero-order valence-electron chi connectivity index (χ0n) is 20.9. The van der Waals surface area contributed by atoms with E-state index in [0.717, 1.165) is 19.3 Å². The Bertz CT molecular complexity index is 556. The molecule has 0 aliphatic heterocycles. The molecule has 0 aromatic carbocycles. The second-order valence-corrected chi connectivity index (χ2v) is 9.41. The Kier molecular flexibility index (Phi) is 16.3. The van der Waals surface area contributed by atoms with Crippen molar-refractivity contribution in [1.29, 1.82) is 0 Å². The Balaban J connectivity index is 2.41. The molecule has 31 heavy (non-hydrogen) atoms. The molecule has 3 heteroatoms. The van der Waals surface area contributed by atoms with Gasteiger partial charge in [-0.2, -0.15) is 0 Å². The summed E-state index contributed by atoms with van der Waals surface area (Å²) in [4.78, 5) is 0. The molecular weight excluding hydrogens is 382 g/mol. The van der Waals surface area contributed by atoms with Gasteiger partial charge in [0.25, 0.3) is 0 Å². The molecule has 1 aromatic rings. The van der Waals surface area contributed by atoms with Gasteiger partial charge in [-0.3, -0.25) is 4.57 Å². The van der Waals surface area contributed by atoms with Crippen LogP contribution in [0.25, 0.3) is 0 Å². The highest BCUT2D eigenvalue weighted by Crippen LogP contribution is 2.34. The fourth-order valence-corrected chi connectivity index (χ4v) is 4.52. The standard InChI is InChI=1S/C28H51NO2/c1-4-6-8-10-12-13-14-16-18-20-22-26(29-27(30)23-24-28(29)31)25(3)21-19-17-15-11-9-7-5-2/h21,23-24,26,30-31H,4-20,22H2,1-3H3. The zero-order valence-corrected chi connectivity index (χ0v) is 20.9. The summed E-state index contributed by atoms with van der Waals surface area (Å²) in [5.74, 6) is 0.337. The minimum absolute atomic E-state index is 0.0594. The first-order valence-electron chi connectivity index (χ1n) is 13.4. The monoisotopic (exact) mass is 433 g/mol. The van der Waals surface area contributed by atoms with E-state index in [0.29, 0.717) is 0 Å². The number of aromatic hydroxyl groups is 2. The van der Waals surface area contributed by atoms with Crippen LogP contribution in [0.3, 0.4) is 0 Å². The van der Waals surface area contributed by atoms with Crippen molar-refractivity contribution in [2.45, 2.75) is 142 Å². The van der Waals surface area contributed by atoms with Crippen molar-refractivity contribution in [2.75, 3.05) is 0 Å². The summed E-state index contributed by atoms with van der Waals surface area (Å²) in [6.07, 6.45) is 25.5. The van der Waals surface area contributed by atoms with E-state index in [1.807, 2.05) is 0 Å². The van der Waals surface area contributed by atoms with Gasteiger partial charge in [0.1, 0.15) is 0 Å². The number of aromatic nitrogens is 1. The van der Waals surface area contributed by atoms with Crippen LogP contribution in [0.1, 0.15) is 142 Å². The van der Waals surface area contributed by atoms with Crippen molar-refractivity contribution in [3.8, 4) is 11.8 Å². The lowest BCUT2D eigenvalue weighted by Crippen LogP contribution is -2.10. The first kappa shape index (κ1) is 27.7. The molecule has 0 bridgehead atoms. The van der Waals surface area contributed by atoms with Crippen LogP contribution in [0.15, 0.2) is 23.8 Å². The smallest absolute Gasteiger partial charge is 0.194 e. The molecule has 1 unspecified atom stereocenters. The molecule has 0 fully saturated rings. The number of nitrogens with zero attached hydrogens (tertiary/aromatic N) is 1. The first-order valence-corrected chi connectivity index (χ1v) is 13.4. The molecule has 3 nitrogen and oxygen atoms in total. The Labute approximate surface area is 193 Å². The van der Waals surface area contributed by atoms with E-state index >= 15 is 0 Å². The molecule has 0 saturated heterocycles. The van der Waals surface area contributed by atoms with Gasteiger partial charge in [0.15, 0.2) is 11.8 Å². The van der Waals surface area contributed by atoms with Gasteiger partial charge in [-0.1, -0.05) is 122 Å². The van der Waals surface area contributed by atoms with E-state index in [4.69, 9.17) is 0 Å². The van der Waals surface area contributed by atoms with E-state index < -0.39 is 0 Å². The van der Waals surface area contributed by atoms with Gasteiger partial charge in [-0.25, -0.2) is 0 Å². The van der Waals surface area contributed by atoms with Crippen LogP contribution in [-0.2, 0) is 0 Å². The molecule has 180 valence electrons. The van der Waals surface area contributed by atoms with E-state index in [1.165, 1.54) is 102 Å². The summed E-state index contributed by atoms with van der Waals surface area (Å²) >= 11 is 0. The second-order valence-electron chi connectivity index (χ2n) is 9.41. The molecule has 0 aliphatic rings. The average molecular weight is 434 g/mol. The lowest BCUT2D eigenvalue weighted by atomic mass is 9.98. The van der Waals surface area contributed by atoms with Crippen LogP contribution < -0.4 is 0 Å². The summed E-state index contributed by atoms with van der Waals surface area (Å²) in [5.41, 5.74) is 1.27. The highest BCUT2D eigenvalue weighted by Gasteiger charge is 2.19. The minimum Gasteiger partial charge on any atom is -0.494 e. The van der Waals surface area contributed by atoms with Crippen molar-refractivity contribution >= 4 is 0 Å². The summed E-state index contributed by atoms with van der Waals surface area (Å²) < 4.78 is 1.71. The summed E-state index contributed by atoms with van der Waals surface area (Å²) in [6.45, 7) is 6.69. The fraction of sp³-hybridized carbons (Fsp3) is 0.786. The Morgan fingerprint density at radius 2 is 1.13 bits per heavy atom. The van der Waals surface area contributed by atoms with E-state index in [-0.39, 0.29) is 17.8 Å². The maximum absolute atomic E-state index is 10.3. The van der Waals surface area contributed by atoms with E-state index in [1.54, 1.807) is 16.7 Å². The van der Waals surface area contributed by atoms with E-state index in [2.05, 4.69) is 26.8 Å². The molecule has 0 spiro atoms. The van der Waals surface area contributed by atoms with Gasteiger partial charge in [-0.05, 0) is 26.2 Å². The molecule has 0 aliphatic carbocycles. The Morgan fingerprint density at radius 3 is 1.61 bits per heavy atom. The van der Waals surface area contributed by atoms with Crippen LogP contribution in [0.5, 0.6) is 11.8 Å². The SMILES string of the molecule is CCCCCCCCC=C(C)C(CCCCCCCCCCCC)n1c(O)ccc1O. The molecule has 2 N–H and O–H groups in total. The fourth-order valence-electron chi connectivity index (χ4n) is 4.52. The van der Waals surface area contributed by atoms with Gasteiger partial charge in [0.05, 0.1) is 6.04 Å². The number of hydrogen-bond acceptors (Lipinski definition) is 2. The summed E-state index contributed by atoms with van der Waals surface area (Å²) in [5, 5.41) is 20.6. The third kappa shape index (κ3) is 12.3. The van der Waals surface area contributed by atoms with Gasteiger partial charge in [0.2, 0.25) is 0 Å². The third-order valence-corrected chi connectivity index (χ3v) is 6.57. The molecule has 0 radical (unpaired) electrons. The van der Waals surface area contributed by atoms with Crippen LogP contribution in [-0.4, -0.2) is 14.8 Å². The van der Waals surface area contributed by atoms with Crippen molar-refractivity contribution < 1.29 is 10.2 Å². The predicted octanol–water partition coefficient (Wildman–Crippen LogP) is 9.45. The molecule has 1 aromatic heterocycles. The van der Waals surface area contributed by atoms with Crippen molar-refractivity contribution in [3.63, 3.8) is 0 Å². The van der Waals surface area contributed by atoms with Crippen molar-refractivity contribution in [3.05, 3.63) is 23.8 Å². The topological polar surface area (TPSA) is 45.4 Å². The summed E-state index contributed by atoms with van der Waals surface area (Å²) in [6, 6.07) is 3.26. The number of rotatable bonds is 20. The Morgan fingerprint density at radius 1 is 0.710 bits per heavy atom. The lowest BCUT2D eigenvalue weighted by molar-refractivity contribution is 0.336. The molecule has 0 saturated carbocycles. The van der Waals surface area contributed by atoms with Gasteiger partial charge in [-0.15, -0.1) is 0 Å². The van der Waals surface area contributed by atoms with Gasteiger partial charge >= 0.3 is 0 Å². The average Bonchev–Trinajstić information content (AvgIpc) is 3.09. The minimum atomic E-state index is 0.0594. The van der Waals surface area contributed by atoms with Gasteiger partial charge < -0.3 is 10.2 Å². The first-order chi connectivity index (χ1) is 15.1. The van der Waals surface area contributed by atoms with Crippen LogP contribution in [0.4, 0.5) is 0 Å². The number of unbranched alkanes of at least 4 members (excludes halogenated alkanes) is 15. The molecule has 1 rings (SSSR count). The van der Waals surface area contributed by atoms with Crippen LogP contribution >= 0.6 is 0 Å². The molecular formula is C28H51NO2. The van der Waals surface area contributed by atoms with Crippen LogP contribution in [0.2, 0.25) is 0 Å². The quantitative estimate of drug-likeness (QED) is 0.159. The van der Waals surface area contributed by atoms with Crippen molar-refractivity contribution in [1.82, 2.24) is 4.57 Å². The maximum atomic E-state index is 10.3. The Hall–Kier alpha value is -1.38. The second kappa shape index (κ2) is 18.2. The summed E-state index contributed by atoms with van der Waals surface area (Å²) in [7, 11) is 0. The molecule has 1 heterocycles. The lowest BCUT2D eigenvalue weighted by Gasteiger charge is -2.22. The van der Waals surface area contributed by atoms with E-state index in [9.17, 15) is 10.2 Å². The molecule has 0 amide bonds. The molecule has 1 atom stereocenters. The highest BCUT2D eigenvalue weighted by molar-refractivity contribution is 5.28. The maximum Gasteiger partial charge on any atom is 0.194 e. The van der Waals surface area contributed by atoms with Gasteiger partial charge in [0, 0.05) is 12.1 Å². The van der Waals surface area contributed by atoms with Crippen LogP contribution in [0, 0.1) is 0 Å². The number of allylic oxidation sites excluding steroid dienone is 2. The largest absolute Gasteiger partial charge is 0.494 e. The third-order valence-electron chi connectivity index (χ3n) is 6.57. The van der Waals surface area contributed by atoms with Crippen molar-refractivity contribution in [2.24, 2.45) is 0 Å². The zero-order chi connectivity index (χ0) is 22.7. The highest BCUT2D eigenvalue weighted by atomic mass is 16.3. The normalized spacial score (nSPS) is 13.1.